The van der Waals surface area contributed by atoms with Crippen LogP contribution in [0.5, 0.6) is 0 Å². The van der Waals surface area contributed by atoms with Gasteiger partial charge in [-0.1, -0.05) is 12.7 Å². The molecule has 0 atom stereocenters. The molecule has 0 aliphatic heterocycles. The molecule has 0 unspecified atom stereocenters. The summed E-state index contributed by atoms with van der Waals surface area (Å²) in [4.78, 5) is 10.8. The average Bonchev–Trinajstić information content (AvgIpc) is 1.88. The summed E-state index contributed by atoms with van der Waals surface area (Å²) >= 11 is 0. The van der Waals surface area contributed by atoms with Gasteiger partial charge in [0.05, 0.1) is 0 Å². The minimum Gasteiger partial charge on any atom is -0.391 e. The Morgan fingerprint density at radius 3 is 2.10 bits per heavy atom. The molecule has 0 heterocycles. The summed E-state index contributed by atoms with van der Waals surface area (Å²) in [6, 6.07) is 0. The predicted octanol–water partition coefficient (Wildman–Crippen LogP) is 1.25. The zero-order valence-corrected chi connectivity index (χ0v) is 6.69. The topological polar surface area (TPSA) is 29.1 Å². The zero-order chi connectivity index (χ0) is 8.15. The highest BCUT2D eigenvalue weighted by Crippen LogP contribution is 2.02. The van der Waals surface area contributed by atoms with E-state index in [0.717, 1.165) is 5.70 Å². The van der Waals surface area contributed by atoms with Crippen LogP contribution in [0.2, 0.25) is 0 Å². The summed E-state index contributed by atoms with van der Waals surface area (Å²) in [5.74, 6) is 0.0434. The average molecular weight is 139 g/mol. The van der Waals surface area contributed by atoms with Crippen LogP contribution in [0.15, 0.2) is 23.9 Å². The molecule has 0 saturated carbocycles. The van der Waals surface area contributed by atoms with E-state index in [4.69, 9.17) is 0 Å². The van der Waals surface area contributed by atoms with Gasteiger partial charge in [-0.3, -0.25) is 4.79 Å². The second-order valence-electron chi connectivity index (χ2n) is 2.05. The Labute approximate surface area is 61.6 Å². The third-order valence-corrected chi connectivity index (χ3v) is 1.36. The minimum atomic E-state index is 0.0434. The molecule has 0 aromatic carbocycles. The Kier molecular flexibility index (Phi) is 3.47. The molecule has 0 saturated heterocycles. The van der Waals surface area contributed by atoms with Crippen molar-refractivity contribution in [3.05, 3.63) is 23.9 Å². The molecule has 0 fully saturated rings. The molecule has 0 aromatic heterocycles. The molecule has 0 amide bonds. The molecule has 0 bridgehead atoms. The highest BCUT2D eigenvalue weighted by Gasteiger charge is 2.00. The van der Waals surface area contributed by atoms with Gasteiger partial charge in [0, 0.05) is 18.3 Å². The Morgan fingerprint density at radius 2 is 2.00 bits per heavy atom. The van der Waals surface area contributed by atoms with Crippen molar-refractivity contribution in [2.45, 2.75) is 13.8 Å². The minimum absolute atomic E-state index is 0.0434. The first-order chi connectivity index (χ1) is 4.63. The molecule has 0 aliphatic rings. The molecule has 2 heteroatoms. The summed E-state index contributed by atoms with van der Waals surface area (Å²) < 4.78 is 0. The zero-order valence-electron chi connectivity index (χ0n) is 6.69. The molecule has 0 radical (unpaired) electrons. The number of nitrogens with one attached hydrogen (secondary N) is 1. The van der Waals surface area contributed by atoms with Crippen LogP contribution in [-0.2, 0) is 4.79 Å². The molecule has 0 aliphatic carbocycles. The second kappa shape index (κ2) is 3.88. The molecule has 56 valence electrons. The van der Waals surface area contributed by atoms with Gasteiger partial charge in [0.15, 0.2) is 5.78 Å². The van der Waals surface area contributed by atoms with E-state index in [9.17, 15) is 4.79 Å². The van der Waals surface area contributed by atoms with Crippen LogP contribution in [-0.4, -0.2) is 12.8 Å². The standard InChI is InChI=1S/C8H13NO/c1-5-8(7(3)10)6(2)9-4/h5,9H,1H2,2-4H3/b8-6+. The van der Waals surface area contributed by atoms with Gasteiger partial charge in [0.2, 0.25) is 0 Å². The van der Waals surface area contributed by atoms with E-state index in [1.54, 1.807) is 13.1 Å². The quantitative estimate of drug-likeness (QED) is 0.471. The van der Waals surface area contributed by atoms with Crippen molar-refractivity contribution in [3.63, 3.8) is 0 Å². The lowest BCUT2D eigenvalue weighted by atomic mass is 10.1. The fourth-order valence-corrected chi connectivity index (χ4v) is 0.696. The van der Waals surface area contributed by atoms with Crippen molar-refractivity contribution in [2.24, 2.45) is 0 Å². The van der Waals surface area contributed by atoms with E-state index in [1.165, 1.54) is 6.92 Å². The van der Waals surface area contributed by atoms with Crippen LogP contribution in [0, 0.1) is 0 Å². The van der Waals surface area contributed by atoms with Crippen molar-refractivity contribution in [1.82, 2.24) is 5.32 Å². The lowest BCUT2D eigenvalue weighted by molar-refractivity contribution is -0.113. The van der Waals surface area contributed by atoms with Gasteiger partial charge in [0.1, 0.15) is 0 Å². The maximum absolute atomic E-state index is 10.8. The van der Waals surface area contributed by atoms with E-state index >= 15 is 0 Å². The molecule has 10 heavy (non-hydrogen) atoms. The van der Waals surface area contributed by atoms with Crippen LogP contribution < -0.4 is 5.32 Å². The van der Waals surface area contributed by atoms with Gasteiger partial charge in [-0.05, 0) is 13.8 Å². The van der Waals surface area contributed by atoms with E-state index < -0.39 is 0 Å². The van der Waals surface area contributed by atoms with Gasteiger partial charge in [-0.25, -0.2) is 0 Å². The van der Waals surface area contributed by atoms with Crippen LogP contribution in [0.3, 0.4) is 0 Å². The Bertz CT molecular complexity index is 180. The van der Waals surface area contributed by atoms with E-state index in [1.807, 2.05) is 6.92 Å². The van der Waals surface area contributed by atoms with Gasteiger partial charge in [-0.2, -0.15) is 0 Å². The second-order valence-corrected chi connectivity index (χ2v) is 2.05. The molecular weight excluding hydrogens is 126 g/mol. The van der Waals surface area contributed by atoms with Gasteiger partial charge < -0.3 is 5.32 Å². The lowest BCUT2D eigenvalue weighted by Crippen LogP contribution is -2.08. The number of Topliss-reactive ketones (excluding diaryl/α,β-unsaturated/α-hetero) is 1. The fraction of sp³-hybridized carbons (Fsp3) is 0.375. The number of carbonyl (C=O) groups is 1. The first-order valence-electron chi connectivity index (χ1n) is 3.15. The Hall–Kier alpha value is -1.05. The van der Waals surface area contributed by atoms with E-state index in [2.05, 4.69) is 11.9 Å². The summed E-state index contributed by atoms with van der Waals surface area (Å²) in [6.07, 6.45) is 1.56. The SMILES string of the molecule is C=C/C(C(C)=O)=C(/C)NC. The number of allylic oxidation sites excluding steroid dienone is 3. The van der Waals surface area contributed by atoms with E-state index in [0.29, 0.717) is 5.57 Å². The molecule has 0 spiro atoms. The number of hydrogen-bond donors (Lipinski definition) is 1. The fourth-order valence-electron chi connectivity index (χ4n) is 0.696. The number of carbonyl (C=O) groups excluding carboxylic acids is 1. The maximum Gasteiger partial charge on any atom is 0.161 e. The monoisotopic (exact) mass is 139 g/mol. The van der Waals surface area contributed by atoms with Gasteiger partial charge in [0.25, 0.3) is 0 Å². The lowest BCUT2D eigenvalue weighted by Gasteiger charge is -2.02. The molecule has 0 rings (SSSR count). The summed E-state index contributed by atoms with van der Waals surface area (Å²) in [6.45, 7) is 6.90. The third-order valence-electron chi connectivity index (χ3n) is 1.36. The van der Waals surface area contributed by atoms with Crippen molar-refractivity contribution in [2.75, 3.05) is 7.05 Å². The first-order valence-corrected chi connectivity index (χ1v) is 3.15. The predicted molar refractivity (Wildman–Crippen MR) is 42.6 cm³/mol. The van der Waals surface area contributed by atoms with Crippen LogP contribution in [0.1, 0.15) is 13.8 Å². The van der Waals surface area contributed by atoms with Crippen molar-refractivity contribution >= 4 is 5.78 Å². The van der Waals surface area contributed by atoms with Crippen LogP contribution in [0.25, 0.3) is 0 Å². The van der Waals surface area contributed by atoms with E-state index in [-0.39, 0.29) is 5.78 Å². The number of hydrogen-bond acceptors (Lipinski definition) is 2. The third kappa shape index (κ3) is 2.05. The highest BCUT2D eigenvalue weighted by atomic mass is 16.1. The molecular formula is C8H13NO. The normalized spacial score (nSPS) is 11.9. The molecule has 0 aromatic rings. The summed E-state index contributed by atoms with van der Waals surface area (Å²) in [5.41, 5.74) is 1.52. The summed E-state index contributed by atoms with van der Waals surface area (Å²) in [7, 11) is 1.78. The maximum atomic E-state index is 10.8. The van der Waals surface area contributed by atoms with Gasteiger partial charge in [-0.15, -0.1) is 0 Å². The summed E-state index contributed by atoms with van der Waals surface area (Å²) in [5, 5.41) is 2.88. The number of ketones is 1. The first kappa shape index (κ1) is 8.95. The van der Waals surface area contributed by atoms with Crippen LogP contribution >= 0.6 is 0 Å². The largest absolute Gasteiger partial charge is 0.391 e. The highest BCUT2D eigenvalue weighted by molar-refractivity contribution is 5.96. The Balaban J connectivity index is 4.62. The van der Waals surface area contributed by atoms with Crippen molar-refractivity contribution < 1.29 is 4.79 Å². The van der Waals surface area contributed by atoms with Crippen LogP contribution in [0.4, 0.5) is 0 Å². The Morgan fingerprint density at radius 1 is 1.50 bits per heavy atom. The number of rotatable bonds is 3. The molecule has 1 N–H and O–H groups in total. The van der Waals surface area contributed by atoms with Crippen molar-refractivity contribution in [3.8, 4) is 0 Å². The smallest absolute Gasteiger partial charge is 0.161 e. The molecule has 2 nitrogen and oxygen atoms in total. The van der Waals surface area contributed by atoms with Gasteiger partial charge >= 0.3 is 0 Å². The van der Waals surface area contributed by atoms with Crippen molar-refractivity contribution in [1.29, 1.82) is 0 Å².